The number of anilines is 1. The van der Waals surface area contributed by atoms with E-state index in [9.17, 15) is 9.59 Å². The third-order valence-corrected chi connectivity index (χ3v) is 4.40. The predicted octanol–water partition coefficient (Wildman–Crippen LogP) is 1.83. The number of para-hydroxylation sites is 2. The zero-order chi connectivity index (χ0) is 19.1. The topological polar surface area (TPSA) is 73.9 Å². The number of imide groups is 1. The SMILES string of the molecule is CCOc1ccccc1N1CCN([C@@H](C)C(=O)NC(=O)NC(C)C)CC1. The van der Waals surface area contributed by atoms with Gasteiger partial charge in [-0.15, -0.1) is 0 Å². The van der Waals surface area contributed by atoms with Crippen molar-refractivity contribution in [3.8, 4) is 5.75 Å². The average Bonchev–Trinajstić information content (AvgIpc) is 2.61. The van der Waals surface area contributed by atoms with E-state index >= 15 is 0 Å². The molecule has 0 aromatic heterocycles. The third kappa shape index (κ3) is 5.36. The number of hydrogen-bond donors (Lipinski definition) is 2. The van der Waals surface area contributed by atoms with Crippen LogP contribution in [0.4, 0.5) is 10.5 Å². The zero-order valence-electron chi connectivity index (χ0n) is 16.1. The van der Waals surface area contributed by atoms with E-state index < -0.39 is 6.03 Å². The highest BCUT2D eigenvalue weighted by atomic mass is 16.5. The van der Waals surface area contributed by atoms with Crippen LogP contribution in [0.1, 0.15) is 27.7 Å². The van der Waals surface area contributed by atoms with Crippen LogP contribution in [0.15, 0.2) is 24.3 Å². The van der Waals surface area contributed by atoms with Crippen LogP contribution in [0.5, 0.6) is 5.75 Å². The second kappa shape index (κ2) is 9.43. The average molecular weight is 362 g/mol. The largest absolute Gasteiger partial charge is 0.492 e. The standard InChI is InChI=1S/C19H30N4O3/c1-5-26-17-9-7-6-8-16(17)23-12-10-22(11-13-23)15(4)18(24)21-19(25)20-14(2)3/h6-9,14-15H,5,10-13H2,1-4H3,(H2,20,21,24,25)/t15-/m0/s1. The first kappa shape index (κ1) is 20.0. The van der Waals surface area contributed by atoms with Crippen molar-refractivity contribution in [1.82, 2.24) is 15.5 Å². The van der Waals surface area contributed by atoms with Crippen LogP contribution in [-0.4, -0.2) is 61.7 Å². The summed E-state index contributed by atoms with van der Waals surface area (Å²) in [5.74, 6) is 0.617. The van der Waals surface area contributed by atoms with Crippen LogP contribution in [0.25, 0.3) is 0 Å². The molecule has 1 aromatic carbocycles. The van der Waals surface area contributed by atoms with E-state index in [2.05, 4.69) is 26.5 Å². The normalized spacial score (nSPS) is 16.3. The van der Waals surface area contributed by atoms with Gasteiger partial charge in [0.15, 0.2) is 0 Å². The van der Waals surface area contributed by atoms with Crippen LogP contribution in [0.3, 0.4) is 0 Å². The molecule has 1 saturated heterocycles. The molecule has 144 valence electrons. The molecule has 0 saturated carbocycles. The molecule has 1 aromatic rings. The Balaban J connectivity index is 1.89. The van der Waals surface area contributed by atoms with Crippen LogP contribution in [0, 0.1) is 0 Å². The summed E-state index contributed by atoms with van der Waals surface area (Å²) in [6.45, 7) is 11.3. The lowest BCUT2D eigenvalue weighted by atomic mass is 10.2. The Labute approximate surface area is 155 Å². The van der Waals surface area contributed by atoms with Gasteiger partial charge in [-0.25, -0.2) is 4.79 Å². The first-order chi connectivity index (χ1) is 12.4. The van der Waals surface area contributed by atoms with E-state index in [1.807, 2.05) is 45.9 Å². The van der Waals surface area contributed by atoms with E-state index in [1.165, 1.54) is 0 Å². The highest BCUT2D eigenvalue weighted by molar-refractivity contribution is 5.96. The quantitative estimate of drug-likeness (QED) is 0.808. The Morgan fingerprint density at radius 3 is 2.38 bits per heavy atom. The lowest BCUT2D eigenvalue weighted by molar-refractivity contribution is -0.124. The van der Waals surface area contributed by atoms with E-state index in [1.54, 1.807) is 0 Å². The van der Waals surface area contributed by atoms with E-state index in [4.69, 9.17) is 4.74 Å². The molecule has 7 heteroatoms. The van der Waals surface area contributed by atoms with E-state index in [0.29, 0.717) is 6.61 Å². The van der Waals surface area contributed by atoms with Crippen LogP contribution < -0.4 is 20.3 Å². The molecule has 1 fully saturated rings. The van der Waals surface area contributed by atoms with Crippen molar-refractivity contribution in [3.63, 3.8) is 0 Å². The molecule has 2 rings (SSSR count). The summed E-state index contributed by atoms with van der Waals surface area (Å²) in [6, 6.07) is 7.22. The van der Waals surface area contributed by atoms with Gasteiger partial charge in [0, 0.05) is 32.2 Å². The molecule has 2 N–H and O–H groups in total. The van der Waals surface area contributed by atoms with Crippen molar-refractivity contribution < 1.29 is 14.3 Å². The Bertz CT molecular complexity index is 613. The Hall–Kier alpha value is -2.28. The summed E-state index contributed by atoms with van der Waals surface area (Å²) in [6.07, 6.45) is 0. The molecule has 0 bridgehead atoms. The van der Waals surface area contributed by atoms with E-state index in [0.717, 1.165) is 37.6 Å². The molecule has 3 amide bonds. The number of urea groups is 1. The van der Waals surface area contributed by atoms with Crippen molar-refractivity contribution in [2.75, 3.05) is 37.7 Å². The van der Waals surface area contributed by atoms with Gasteiger partial charge in [-0.1, -0.05) is 12.1 Å². The summed E-state index contributed by atoms with van der Waals surface area (Å²) in [7, 11) is 0. The molecular weight excluding hydrogens is 332 g/mol. The second-order valence-corrected chi connectivity index (χ2v) is 6.72. The van der Waals surface area contributed by atoms with Crippen molar-refractivity contribution in [2.24, 2.45) is 0 Å². The number of nitrogens with zero attached hydrogens (tertiary/aromatic N) is 2. The lowest BCUT2D eigenvalue weighted by Crippen LogP contribution is -2.55. The number of carbonyl (C=O) groups excluding carboxylic acids is 2. The monoisotopic (exact) mass is 362 g/mol. The van der Waals surface area contributed by atoms with Crippen LogP contribution in [-0.2, 0) is 4.79 Å². The minimum absolute atomic E-state index is 0.00735. The summed E-state index contributed by atoms with van der Waals surface area (Å²) in [5.41, 5.74) is 1.09. The number of hydrogen-bond acceptors (Lipinski definition) is 5. The number of nitrogens with one attached hydrogen (secondary N) is 2. The number of piperazine rings is 1. The maximum atomic E-state index is 12.3. The highest BCUT2D eigenvalue weighted by Gasteiger charge is 2.27. The molecular formula is C19H30N4O3. The van der Waals surface area contributed by atoms with Gasteiger partial charge in [0.1, 0.15) is 5.75 Å². The van der Waals surface area contributed by atoms with Gasteiger partial charge in [0.2, 0.25) is 5.91 Å². The summed E-state index contributed by atoms with van der Waals surface area (Å²) >= 11 is 0. The highest BCUT2D eigenvalue weighted by Crippen LogP contribution is 2.29. The number of carbonyl (C=O) groups is 2. The van der Waals surface area contributed by atoms with Gasteiger partial charge >= 0.3 is 6.03 Å². The van der Waals surface area contributed by atoms with Crippen molar-refractivity contribution >= 4 is 17.6 Å². The van der Waals surface area contributed by atoms with Crippen molar-refractivity contribution in [2.45, 2.75) is 39.8 Å². The zero-order valence-corrected chi connectivity index (χ0v) is 16.1. The fraction of sp³-hybridized carbons (Fsp3) is 0.579. The second-order valence-electron chi connectivity index (χ2n) is 6.72. The summed E-state index contributed by atoms with van der Waals surface area (Å²) in [5, 5.41) is 5.08. The third-order valence-electron chi connectivity index (χ3n) is 4.40. The maximum Gasteiger partial charge on any atom is 0.321 e. The smallest absolute Gasteiger partial charge is 0.321 e. The minimum Gasteiger partial charge on any atom is -0.492 e. The van der Waals surface area contributed by atoms with Gasteiger partial charge in [-0.3, -0.25) is 15.0 Å². The van der Waals surface area contributed by atoms with E-state index in [-0.39, 0.29) is 18.0 Å². The Morgan fingerprint density at radius 1 is 1.12 bits per heavy atom. The predicted molar refractivity (Wildman–Crippen MR) is 103 cm³/mol. The lowest BCUT2D eigenvalue weighted by Gasteiger charge is -2.38. The van der Waals surface area contributed by atoms with Gasteiger partial charge < -0.3 is 15.0 Å². The number of amides is 3. The Kier molecular flexibility index (Phi) is 7.26. The molecule has 0 unspecified atom stereocenters. The summed E-state index contributed by atoms with van der Waals surface area (Å²) in [4.78, 5) is 28.4. The number of ether oxygens (including phenoxy) is 1. The van der Waals surface area contributed by atoms with Crippen molar-refractivity contribution in [3.05, 3.63) is 24.3 Å². The van der Waals surface area contributed by atoms with Crippen LogP contribution in [0.2, 0.25) is 0 Å². The number of rotatable bonds is 6. The summed E-state index contributed by atoms with van der Waals surface area (Å²) < 4.78 is 5.71. The molecule has 7 nitrogen and oxygen atoms in total. The molecule has 1 atom stereocenters. The van der Waals surface area contributed by atoms with Gasteiger partial charge in [0.25, 0.3) is 0 Å². The Morgan fingerprint density at radius 2 is 1.77 bits per heavy atom. The molecule has 0 spiro atoms. The molecule has 1 aliphatic rings. The molecule has 0 radical (unpaired) electrons. The minimum atomic E-state index is -0.443. The first-order valence-corrected chi connectivity index (χ1v) is 9.24. The van der Waals surface area contributed by atoms with Crippen molar-refractivity contribution in [1.29, 1.82) is 0 Å². The van der Waals surface area contributed by atoms with Crippen LogP contribution >= 0.6 is 0 Å². The van der Waals surface area contributed by atoms with Gasteiger partial charge in [0.05, 0.1) is 18.3 Å². The molecule has 26 heavy (non-hydrogen) atoms. The first-order valence-electron chi connectivity index (χ1n) is 9.24. The molecule has 0 aliphatic carbocycles. The van der Waals surface area contributed by atoms with Gasteiger partial charge in [-0.2, -0.15) is 0 Å². The maximum absolute atomic E-state index is 12.3. The fourth-order valence-corrected chi connectivity index (χ4v) is 3.03. The molecule has 1 aliphatic heterocycles. The fourth-order valence-electron chi connectivity index (χ4n) is 3.03. The van der Waals surface area contributed by atoms with Gasteiger partial charge in [-0.05, 0) is 39.8 Å². The number of benzene rings is 1. The molecule has 1 heterocycles.